The zero-order valence-corrected chi connectivity index (χ0v) is 12.0. The fourth-order valence-corrected chi connectivity index (χ4v) is 2.96. The van der Waals surface area contributed by atoms with Crippen LogP contribution in [0.1, 0.15) is 40.0 Å². The Bertz CT molecular complexity index is 190. The van der Waals surface area contributed by atoms with E-state index in [1.165, 1.54) is 0 Å². The second-order valence-corrected chi connectivity index (χ2v) is 7.66. The summed E-state index contributed by atoms with van der Waals surface area (Å²) < 4.78 is 5.29. The molecular weight excluding hydrogens is 244 g/mol. The van der Waals surface area contributed by atoms with E-state index in [1.54, 1.807) is 21.6 Å². The maximum Gasteiger partial charge on any atom is 0.305 e. The van der Waals surface area contributed by atoms with Gasteiger partial charge in [-0.3, -0.25) is 4.79 Å². The number of unbranched alkanes of at least 4 members (excludes halogenated alkanes) is 1. The van der Waals surface area contributed by atoms with Crippen LogP contribution in [0.2, 0.25) is 0 Å². The smallest absolute Gasteiger partial charge is 0.305 e. The lowest BCUT2D eigenvalue weighted by molar-refractivity contribution is -0.143. The fraction of sp³-hybridized carbons (Fsp3) is 0.909. The lowest BCUT2D eigenvalue weighted by Gasteiger charge is -2.15. The molecule has 0 saturated carbocycles. The standard InChI is InChI=1S/C11H22O3S2/c1-11(2,3)16-15-9-8-14-10(13)6-4-5-7-12/h12H,4-9H2,1-3H3. The molecule has 0 amide bonds. The molecule has 5 heteroatoms. The molecular formula is C11H22O3S2. The van der Waals surface area contributed by atoms with Crippen molar-refractivity contribution in [3.63, 3.8) is 0 Å². The van der Waals surface area contributed by atoms with E-state index in [2.05, 4.69) is 20.8 Å². The summed E-state index contributed by atoms with van der Waals surface area (Å²) in [5.74, 6) is 0.669. The van der Waals surface area contributed by atoms with Gasteiger partial charge in [0.25, 0.3) is 0 Å². The molecule has 0 fully saturated rings. The summed E-state index contributed by atoms with van der Waals surface area (Å²) in [4.78, 5) is 11.2. The molecule has 0 atom stereocenters. The van der Waals surface area contributed by atoms with Crippen molar-refractivity contribution < 1.29 is 14.6 Å². The zero-order chi connectivity index (χ0) is 12.4. The van der Waals surface area contributed by atoms with Gasteiger partial charge in [-0.1, -0.05) is 42.4 Å². The molecule has 96 valence electrons. The summed E-state index contributed by atoms with van der Waals surface area (Å²) >= 11 is 0. The molecule has 0 radical (unpaired) electrons. The molecule has 0 spiro atoms. The molecule has 16 heavy (non-hydrogen) atoms. The Morgan fingerprint density at radius 1 is 1.31 bits per heavy atom. The van der Waals surface area contributed by atoms with E-state index in [0.717, 1.165) is 5.75 Å². The SMILES string of the molecule is CC(C)(C)SSCCOC(=O)CCCCO. The van der Waals surface area contributed by atoms with Crippen LogP contribution >= 0.6 is 21.6 Å². The van der Waals surface area contributed by atoms with Crippen LogP contribution in [0.25, 0.3) is 0 Å². The molecule has 0 aliphatic carbocycles. The zero-order valence-electron chi connectivity index (χ0n) is 10.3. The summed E-state index contributed by atoms with van der Waals surface area (Å²) in [5, 5.41) is 8.54. The van der Waals surface area contributed by atoms with E-state index in [4.69, 9.17) is 9.84 Å². The van der Waals surface area contributed by atoms with Gasteiger partial charge in [-0.25, -0.2) is 0 Å². The van der Waals surface area contributed by atoms with Gasteiger partial charge in [-0.05, 0) is 12.8 Å². The molecule has 0 aromatic carbocycles. The summed E-state index contributed by atoms with van der Waals surface area (Å²) in [7, 11) is 3.53. The molecule has 0 aliphatic rings. The molecule has 0 saturated heterocycles. The van der Waals surface area contributed by atoms with Crippen molar-refractivity contribution in [2.24, 2.45) is 0 Å². The number of rotatable bonds is 8. The topological polar surface area (TPSA) is 46.5 Å². The third-order valence-electron chi connectivity index (χ3n) is 1.53. The van der Waals surface area contributed by atoms with Gasteiger partial charge >= 0.3 is 5.97 Å². The number of hydrogen-bond donors (Lipinski definition) is 1. The van der Waals surface area contributed by atoms with Crippen LogP contribution in [0.3, 0.4) is 0 Å². The van der Waals surface area contributed by atoms with E-state index >= 15 is 0 Å². The fourth-order valence-electron chi connectivity index (χ4n) is 0.861. The van der Waals surface area contributed by atoms with Crippen molar-refractivity contribution in [1.82, 2.24) is 0 Å². The van der Waals surface area contributed by atoms with Gasteiger partial charge in [0.2, 0.25) is 0 Å². The van der Waals surface area contributed by atoms with Crippen LogP contribution in [-0.4, -0.2) is 34.8 Å². The average molecular weight is 266 g/mol. The van der Waals surface area contributed by atoms with Gasteiger partial charge in [0.1, 0.15) is 6.61 Å². The van der Waals surface area contributed by atoms with Crippen molar-refractivity contribution in [3.8, 4) is 0 Å². The highest BCUT2D eigenvalue weighted by Gasteiger charge is 2.10. The molecule has 0 aromatic heterocycles. The van der Waals surface area contributed by atoms with Crippen molar-refractivity contribution >= 4 is 27.6 Å². The lowest BCUT2D eigenvalue weighted by atomic mass is 10.2. The van der Waals surface area contributed by atoms with E-state index in [9.17, 15) is 4.79 Å². The Morgan fingerprint density at radius 2 is 2.00 bits per heavy atom. The van der Waals surface area contributed by atoms with Gasteiger partial charge in [0.15, 0.2) is 0 Å². The first-order valence-electron chi connectivity index (χ1n) is 5.53. The molecule has 0 unspecified atom stereocenters. The normalized spacial score (nSPS) is 11.5. The van der Waals surface area contributed by atoms with E-state index in [0.29, 0.717) is 25.9 Å². The third kappa shape index (κ3) is 12.2. The maximum atomic E-state index is 11.2. The summed E-state index contributed by atoms with van der Waals surface area (Å²) in [6.07, 6.45) is 1.79. The number of aliphatic hydroxyl groups is 1. The molecule has 0 heterocycles. The Labute approximate surface area is 106 Å². The minimum Gasteiger partial charge on any atom is -0.465 e. The maximum absolute atomic E-state index is 11.2. The largest absolute Gasteiger partial charge is 0.465 e. The predicted octanol–water partition coefficient (Wildman–Crippen LogP) is 2.87. The van der Waals surface area contributed by atoms with E-state index in [-0.39, 0.29) is 17.3 Å². The highest BCUT2D eigenvalue weighted by Crippen LogP contribution is 2.34. The van der Waals surface area contributed by atoms with Crippen LogP contribution in [0.5, 0.6) is 0 Å². The first-order valence-corrected chi connectivity index (χ1v) is 7.85. The van der Waals surface area contributed by atoms with Crippen LogP contribution in [0.15, 0.2) is 0 Å². The van der Waals surface area contributed by atoms with Gasteiger partial charge in [0, 0.05) is 23.5 Å². The summed E-state index contributed by atoms with van der Waals surface area (Å²) in [5.41, 5.74) is 0. The van der Waals surface area contributed by atoms with Crippen LogP contribution in [-0.2, 0) is 9.53 Å². The molecule has 1 N–H and O–H groups in total. The van der Waals surface area contributed by atoms with Gasteiger partial charge in [0.05, 0.1) is 0 Å². The minimum absolute atomic E-state index is 0.144. The monoisotopic (exact) mass is 266 g/mol. The van der Waals surface area contributed by atoms with Crippen LogP contribution in [0, 0.1) is 0 Å². The number of hydrogen-bond acceptors (Lipinski definition) is 5. The van der Waals surface area contributed by atoms with E-state index in [1.807, 2.05) is 0 Å². The summed E-state index contributed by atoms with van der Waals surface area (Å²) in [6, 6.07) is 0. The summed E-state index contributed by atoms with van der Waals surface area (Å²) in [6.45, 7) is 7.10. The van der Waals surface area contributed by atoms with Crippen LogP contribution in [0.4, 0.5) is 0 Å². The molecule has 0 rings (SSSR count). The number of esters is 1. The van der Waals surface area contributed by atoms with Crippen LogP contribution < -0.4 is 0 Å². The van der Waals surface area contributed by atoms with Crippen molar-refractivity contribution in [2.75, 3.05) is 19.0 Å². The Hall–Kier alpha value is 0.130. The third-order valence-corrected chi connectivity index (χ3v) is 4.83. The quantitative estimate of drug-likeness (QED) is 0.416. The lowest BCUT2D eigenvalue weighted by Crippen LogP contribution is -2.08. The number of carbonyl (C=O) groups is 1. The molecule has 0 bridgehead atoms. The van der Waals surface area contributed by atoms with Gasteiger partial charge < -0.3 is 9.84 Å². The van der Waals surface area contributed by atoms with Gasteiger partial charge in [-0.2, -0.15) is 0 Å². The first kappa shape index (κ1) is 16.1. The Morgan fingerprint density at radius 3 is 2.56 bits per heavy atom. The molecule has 0 aliphatic heterocycles. The molecule has 3 nitrogen and oxygen atoms in total. The highest BCUT2D eigenvalue weighted by molar-refractivity contribution is 8.77. The number of ether oxygens (including phenoxy) is 1. The minimum atomic E-state index is -0.158. The molecule has 0 aromatic rings. The first-order chi connectivity index (χ1) is 7.45. The second-order valence-electron chi connectivity index (χ2n) is 4.42. The number of carbonyl (C=O) groups excluding carboxylic acids is 1. The van der Waals surface area contributed by atoms with Crippen molar-refractivity contribution in [3.05, 3.63) is 0 Å². The Balaban J connectivity index is 3.28. The highest BCUT2D eigenvalue weighted by atomic mass is 33.1. The number of aliphatic hydroxyl groups excluding tert-OH is 1. The van der Waals surface area contributed by atoms with Gasteiger partial charge in [-0.15, -0.1) is 0 Å². The van der Waals surface area contributed by atoms with E-state index < -0.39 is 0 Å². The average Bonchev–Trinajstić information content (AvgIpc) is 2.16. The second kappa shape index (κ2) is 9.19. The predicted molar refractivity (Wildman–Crippen MR) is 71.7 cm³/mol. The Kier molecular flexibility index (Phi) is 9.26. The van der Waals surface area contributed by atoms with Crippen molar-refractivity contribution in [2.45, 2.75) is 44.8 Å². The van der Waals surface area contributed by atoms with Crippen molar-refractivity contribution in [1.29, 1.82) is 0 Å².